The fraction of sp³-hybridized carbons (Fsp3) is 0.167. The van der Waals surface area contributed by atoms with Gasteiger partial charge in [0.2, 0.25) is 0 Å². The number of carbonyl (C=O) groups excluding carboxylic acids is 3. The number of aryl methyl sites for hydroxylation is 1. The Hall–Kier alpha value is -5.10. The lowest BCUT2D eigenvalue weighted by atomic mass is 10.0. The molecule has 1 aromatic carbocycles. The molecule has 3 aromatic heterocycles. The van der Waals surface area contributed by atoms with Crippen molar-refractivity contribution in [3.05, 3.63) is 81.5 Å². The van der Waals surface area contributed by atoms with E-state index in [1.165, 1.54) is 48.3 Å². The Balaban J connectivity index is 1.74. The number of nitrogens with zero attached hydrogens (tertiary/aromatic N) is 7. The molecule has 2 amide bonds. The molecule has 0 radical (unpaired) electrons. The molecule has 0 fully saturated rings. The Morgan fingerprint density at radius 2 is 1.93 bits per heavy atom. The van der Waals surface area contributed by atoms with Crippen molar-refractivity contribution in [3.8, 4) is 11.9 Å². The summed E-state index contributed by atoms with van der Waals surface area (Å²) in [7, 11) is 1.38. The van der Waals surface area contributed by atoms with Crippen molar-refractivity contribution < 1.29 is 27.6 Å². The van der Waals surface area contributed by atoms with Crippen LogP contribution in [0, 0.1) is 18.3 Å². The highest BCUT2D eigenvalue weighted by Crippen LogP contribution is 2.27. The van der Waals surface area contributed by atoms with Crippen LogP contribution in [0.5, 0.6) is 0 Å². The first-order chi connectivity index (χ1) is 18.9. The maximum Gasteiger partial charge on any atom is 0.455 e. The highest BCUT2D eigenvalue weighted by molar-refractivity contribution is 6.32. The highest BCUT2D eigenvalue weighted by Gasteiger charge is 2.37. The number of rotatable bonds is 7. The summed E-state index contributed by atoms with van der Waals surface area (Å²) in [5.41, 5.74) is 0.506. The number of halogens is 4. The third-order valence-electron chi connectivity index (χ3n) is 5.51. The molecular formula is C24H17ClF3N9O3. The van der Waals surface area contributed by atoms with Crippen LogP contribution < -0.4 is 10.6 Å². The number of alkyl halides is 3. The maximum atomic E-state index is 13.5. The van der Waals surface area contributed by atoms with Gasteiger partial charge in [-0.15, -0.1) is 10.2 Å². The predicted octanol–water partition coefficient (Wildman–Crippen LogP) is 3.21. The van der Waals surface area contributed by atoms with E-state index in [1.807, 2.05) is 6.07 Å². The predicted molar refractivity (Wildman–Crippen MR) is 133 cm³/mol. The van der Waals surface area contributed by atoms with Gasteiger partial charge in [-0.3, -0.25) is 19.0 Å². The van der Waals surface area contributed by atoms with E-state index in [9.17, 15) is 32.8 Å². The zero-order chi connectivity index (χ0) is 29.2. The summed E-state index contributed by atoms with van der Waals surface area (Å²) in [5, 5.41) is 23.8. The second-order valence-corrected chi connectivity index (χ2v) is 8.63. The largest absolute Gasteiger partial charge is 0.455 e. The summed E-state index contributed by atoms with van der Waals surface area (Å²) in [6.07, 6.45) is -2.21. The zero-order valence-corrected chi connectivity index (χ0v) is 21.4. The zero-order valence-electron chi connectivity index (χ0n) is 20.6. The Morgan fingerprint density at radius 3 is 2.55 bits per heavy atom. The van der Waals surface area contributed by atoms with Crippen LogP contribution in [0.3, 0.4) is 0 Å². The number of hydrogen-bond donors (Lipinski definition) is 2. The molecular weight excluding hydrogens is 555 g/mol. The molecule has 40 heavy (non-hydrogen) atoms. The van der Waals surface area contributed by atoms with Crippen LogP contribution in [0.1, 0.15) is 48.2 Å². The Morgan fingerprint density at radius 1 is 1.18 bits per heavy atom. The van der Waals surface area contributed by atoms with Crippen molar-refractivity contribution in [2.45, 2.75) is 19.6 Å². The number of carbonyl (C=O) groups is 3. The monoisotopic (exact) mass is 571 g/mol. The molecule has 0 unspecified atom stereocenters. The average molecular weight is 572 g/mol. The fourth-order valence-corrected chi connectivity index (χ4v) is 3.88. The summed E-state index contributed by atoms with van der Waals surface area (Å²) < 4.78 is 39.7. The van der Waals surface area contributed by atoms with Crippen LogP contribution in [-0.2, 0) is 12.7 Å². The lowest BCUT2D eigenvalue weighted by Gasteiger charge is -2.15. The number of Topliss-reactive ketones (excluding diaryl/α,β-unsaturated/α-hetero) is 1. The van der Waals surface area contributed by atoms with E-state index >= 15 is 0 Å². The molecule has 0 saturated carbocycles. The maximum absolute atomic E-state index is 13.5. The van der Waals surface area contributed by atoms with Gasteiger partial charge in [0.1, 0.15) is 12.2 Å². The first kappa shape index (κ1) is 27.9. The van der Waals surface area contributed by atoms with Crippen LogP contribution in [-0.4, -0.2) is 54.4 Å². The molecule has 0 bridgehead atoms. The van der Waals surface area contributed by atoms with Crippen molar-refractivity contribution in [3.63, 3.8) is 0 Å². The minimum Gasteiger partial charge on any atom is -0.355 e. The average Bonchev–Trinajstić information content (AvgIpc) is 3.57. The van der Waals surface area contributed by atoms with Gasteiger partial charge in [0.05, 0.1) is 27.9 Å². The molecule has 12 nitrogen and oxygen atoms in total. The van der Waals surface area contributed by atoms with Crippen LogP contribution in [0.2, 0.25) is 5.02 Å². The molecule has 2 N–H and O–H groups in total. The van der Waals surface area contributed by atoms with E-state index in [2.05, 4.69) is 31.0 Å². The number of amides is 2. The summed E-state index contributed by atoms with van der Waals surface area (Å²) in [5.74, 6) is -3.52. The highest BCUT2D eigenvalue weighted by atomic mass is 35.5. The lowest BCUT2D eigenvalue weighted by molar-refractivity contribution is -0.145. The number of aromatic nitrogens is 6. The first-order valence-corrected chi connectivity index (χ1v) is 11.6. The number of hydrogen-bond acceptors (Lipinski definition) is 8. The summed E-state index contributed by atoms with van der Waals surface area (Å²) in [6.45, 7) is 0.881. The number of benzene rings is 1. The third kappa shape index (κ3) is 5.66. The van der Waals surface area contributed by atoms with Crippen LogP contribution in [0.15, 0.2) is 42.7 Å². The second-order valence-electron chi connectivity index (χ2n) is 8.22. The summed E-state index contributed by atoms with van der Waals surface area (Å²) in [4.78, 5) is 43.6. The molecule has 0 aliphatic carbocycles. The van der Waals surface area contributed by atoms with E-state index in [-0.39, 0.29) is 38.9 Å². The third-order valence-corrected chi connectivity index (χ3v) is 5.80. The van der Waals surface area contributed by atoms with Crippen molar-refractivity contribution in [1.29, 1.82) is 5.26 Å². The number of pyridine rings is 1. The number of anilines is 1. The lowest BCUT2D eigenvalue weighted by Crippen LogP contribution is -2.23. The molecule has 204 valence electrons. The summed E-state index contributed by atoms with van der Waals surface area (Å²) in [6, 6.07) is 8.96. The van der Waals surface area contributed by atoms with Crippen molar-refractivity contribution in [2.24, 2.45) is 0 Å². The van der Waals surface area contributed by atoms with E-state index in [0.717, 1.165) is 0 Å². The standard InChI is InChI=1S/C24H17ClF3N9O3/c1-12-6-13(9-29)7-15(21(39)30-2)19(12)32-22(40)17-8-14(10-36(17)20-16(25)4-3-5-31-20)18(38)11-37-34-23(33-35-37)24(26,27)28/h3-8,10H,11H2,1-2H3,(H,30,39)(H,32,40). The number of ketones is 1. The van der Waals surface area contributed by atoms with Gasteiger partial charge in [0.25, 0.3) is 17.6 Å². The number of nitrogens with one attached hydrogen (secondary N) is 2. The van der Waals surface area contributed by atoms with E-state index < -0.39 is 36.1 Å². The van der Waals surface area contributed by atoms with Crippen LogP contribution in [0.4, 0.5) is 18.9 Å². The normalized spacial score (nSPS) is 11.1. The van der Waals surface area contributed by atoms with Crippen molar-refractivity contribution in [2.75, 3.05) is 12.4 Å². The Labute approximate surface area is 228 Å². The van der Waals surface area contributed by atoms with E-state index in [1.54, 1.807) is 13.0 Å². The Bertz CT molecular complexity index is 1690. The molecule has 0 aliphatic heterocycles. The molecule has 3 heterocycles. The quantitative estimate of drug-likeness (QED) is 0.320. The molecule has 0 spiro atoms. The van der Waals surface area contributed by atoms with E-state index in [0.29, 0.717) is 10.4 Å². The molecule has 0 atom stereocenters. The molecule has 16 heteroatoms. The van der Waals surface area contributed by atoms with Crippen molar-refractivity contribution >= 4 is 34.9 Å². The minimum absolute atomic E-state index is 0.0235. The molecule has 0 aliphatic rings. The summed E-state index contributed by atoms with van der Waals surface area (Å²) >= 11 is 6.28. The van der Waals surface area contributed by atoms with Crippen LogP contribution in [0.25, 0.3) is 5.82 Å². The number of nitriles is 1. The smallest absolute Gasteiger partial charge is 0.355 e. The van der Waals surface area contributed by atoms with Gasteiger partial charge < -0.3 is 10.6 Å². The van der Waals surface area contributed by atoms with Gasteiger partial charge in [-0.05, 0) is 48.0 Å². The molecule has 0 saturated heterocycles. The van der Waals surface area contributed by atoms with Gasteiger partial charge in [0.15, 0.2) is 11.6 Å². The second kappa shape index (κ2) is 10.9. The fourth-order valence-electron chi connectivity index (χ4n) is 3.67. The van der Waals surface area contributed by atoms with Gasteiger partial charge in [-0.1, -0.05) is 11.6 Å². The molecule has 4 rings (SSSR count). The minimum atomic E-state index is -4.84. The van der Waals surface area contributed by atoms with Crippen LogP contribution >= 0.6 is 11.6 Å². The molecule has 4 aromatic rings. The SMILES string of the molecule is CNC(=O)c1cc(C#N)cc(C)c1NC(=O)c1cc(C(=O)Cn2nnc(C(F)(F)F)n2)cn1-c1ncccc1Cl. The first-order valence-electron chi connectivity index (χ1n) is 11.2. The van der Waals surface area contributed by atoms with E-state index in [4.69, 9.17) is 11.6 Å². The topological polar surface area (TPSA) is 160 Å². The number of tetrazole rings is 1. The van der Waals surface area contributed by atoms with Crippen molar-refractivity contribution in [1.82, 2.24) is 35.1 Å². The van der Waals surface area contributed by atoms with Gasteiger partial charge >= 0.3 is 6.18 Å². The van der Waals surface area contributed by atoms with Gasteiger partial charge in [0, 0.05) is 25.0 Å². The van der Waals surface area contributed by atoms with Gasteiger partial charge in [-0.2, -0.15) is 23.2 Å². The van der Waals surface area contributed by atoms with Gasteiger partial charge in [-0.25, -0.2) is 4.98 Å². The Kier molecular flexibility index (Phi) is 7.64.